The second-order valence-corrected chi connectivity index (χ2v) is 9.09. The van der Waals surface area contributed by atoms with Crippen molar-refractivity contribution < 1.29 is 28.9 Å². The molecular formula is C30H40N2O6. The van der Waals surface area contributed by atoms with Gasteiger partial charge in [-0.25, -0.2) is 0 Å². The van der Waals surface area contributed by atoms with Crippen LogP contribution in [0.3, 0.4) is 0 Å². The average Bonchev–Trinajstić information content (AvgIpc) is 3.19. The molecule has 1 N–H and O–H groups in total. The van der Waals surface area contributed by atoms with Gasteiger partial charge < -0.3 is 29.1 Å². The van der Waals surface area contributed by atoms with Crippen LogP contribution < -0.4 is 14.2 Å². The van der Waals surface area contributed by atoms with Gasteiger partial charge in [-0.3, -0.25) is 9.59 Å². The molecule has 0 aliphatic carbocycles. The Bertz CT molecular complexity index is 1120. The second kappa shape index (κ2) is 13.9. The Labute approximate surface area is 225 Å². The zero-order valence-electron chi connectivity index (χ0n) is 23.2. The van der Waals surface area contributed by atoms with E-state index in [0.717, 1.165) is 26.1 Å². The molecule has 0 aromatic heterocycles. The van der Waals surface area contributed by atoms with Crippen LogP contribution in [-0.2, 0) is 9.59 Å². The third-order valence-electron chi connectivity index (χ3n) is 6.71. The molecule has 1 fully saturated rings. The second-order valence-electron chi connectivity index (χ2n) is 9.09. The van der Waals surface area contributed by atoms with Crippen molar-refractivity contribution in [2.24, 2.45) is 0 Å². The first-order valence-electron chi connectivity index (χ1n) is 13.4. The largest absolute Gasteiger partial charge is 0.507 e. The summed E-state index contributed by atoms with van der Waals surface area (Å²) in [5, 5.41) is 11.3. The molecule has 1 aliphatic heterocycles. The molecule has 8 heteroatoms. The van der Waals surface area contributed by atoms with E-state index in [1.807, 2.05) is 19.9 Å². The Balaban J connectivity index is 2.06. The highest BCUT2D eigenvalue weighted by molar-refractivity contribution is 6.46. The van der Waals surface area contributed by atoms with Gasteiger partial charge in [0, 0.05) is 12.1 Å². The lowest BCUT2D eigenvalue weighted by atomic mass is 9.95. The summed E-state index contributed by atoms with van der Waals surface area (Å²) >= 11 is 0. The molecule has 1 atom stereocenters. The summed E-state index contributed by atoms with van der Waals surface area (Å²) < 4.78 is 16.9. The number of benzene rings is 2. The van der Waals surface area contributed by atoms with E-state index in [9.17, 15) is 14.7 Å². The molecule has 0 unspecified atom stereocenters. The van der Waals surface area contributed by atoms with E-state index in [-0.39, 0.29) is 11.3 Å². The Hall–Kier alpha value is -3.52. The fourth-order valence-electron chi connectivity index (χ4n) is 4.68. The minimum atomic E-state index is -0.757. The lowest BCUT2D eigenvalue weighted by molar-refractivity contribution is -0.140. The first-order valence-corrected chi connectivity index (χ1v) is 13.4. The number of Topliss-reactive ketones (excluding diaryl/α,β-unsaturated/α-hetero) is 1. The number of aliphatic hydroxyl groups excluding tert-OH is 1. The summed E-state index contributed by atoms with van der Waals surface area (Å²) in [7, 11) is 1.55. The Morgan fingerprint density at radius 3 is 2.29 bits per heavy atom. The maximum atomic E-state index is 13.4. The molecule has 0 radical (unpaired) electrons. The number of aliphatic hydroxyl groups is 1. The molecule has 1 heterocycles. The molecule has 38 heavy (non-hydrogen) atoms. The number of amides is 1. The average molecular weight is 525 g/mol. The number of ether oxygens (including phenoxy) is 3. The minimum absolute atomic E-state index is 0.0614. The van der Waals surface area contributed by atoms with Crippen LogP contribution >= 0.6 is 0 Å². The van der Waals surface area contributed by atoms with E-state index in [0.29, 0.717) is 54.6 Å². The number of carbonyl (C=O) groups excluding carboxylic acids is 2. The van der Waals surface area contributed by atoms with E-state index in [4.69, 9.17) is 14.2 Å². The van der Waals surface area contributed by atoms with Crippen molar-refractivity contribution in [2.75, 3.05) is 46.5 Å². The highest BCUT2D eigenvalue weighted by atomic mass is 16.5. The number of hydrogen-bond donors (Lipinski definition) is 1. The quantitative estimate of drug-likeness (QED) is 0.211. The van der Waals surface area contributed by atoms with Crippen LogP contribution in [0.15, 0.2) is 48.0 Å². The zero-order chi connectivity index (χ0) is 27.7. The van der Waals surface area contributed by atoms with Gasteiger partial charge in [-0.15, -0.1) is 0 Å². The van der Waals surface area contributed by atoms with Crippen LogP contribution in [0.25, 0.3) is 5.76 Å². The summed E-state index contributed by atoms with van der Waals surface area (Å²) in [4.78, 5) is 30.5. The monoisotopic (exact) mass is 524 g/mol. The van der Waals surface area contributed by atoms with Gasteiger partial charge in [-0.2, -0.15) is 0 Å². The van der Waals surface area contributed by atoms with E-state index in [1.54, 1.807) is 48.4 Å². The van der Waals surface area contributed by atoms with Crippen molar-refractivity contribution in [3.8, 4) is 17.2 Å². The van der Waals surface area contributed by atoms with Crippen molar-refractivity contribution in [1.29, 1.82) is 0 Å². The third-order valence-corrected chi connectivity index (χ3v) is 6.71. The van der Waals surface area contributed by atoms with Crippen LogP contribution in [0.1, 0.15) is 57.7 Å². The Kier molecular flexibility index (Phi) is 10.6. The SMILES string of the molecule is CCCOc1ccc([C@H]2/C(=C(\O)c3ccc(OCC)cc3)C(=O)C(=O)N2CCCN(CC)CC)cc1OC. The smallest absolute Gasteiger partial charge is 0.295 e. The van der Waals surface area contributed by atoms with Gasteiger partial charge in [0.1, 0.15) is 11.5 Å². The lowest BCUT2D eigenvalue weighted by Gasteiger charge is -2.27. The molecule has 1 amide bonds. The normalized spacial score (nSPS) is 16.8. The number of ketones is 1. The molecule has 1 aliphatic rings. The topological polar surface area (TPSA) is 88.5 Å². The first kappa shape index (κ1) is 29.0. The summed E-state index contributed by atoms with van der Waals surface area (Å²) in [6.45, 7) is 12.2. The summed E-state index contributed by atoms with van der Waals surface area (Å²) in [6, 6.07) is 11.5. The molecule has 206 valence electrons. The fraction of sp³-hybridized carbons (Fsp3) is 0.467. The molecule has 0 spiro atoms. The van der Waals surface area contributed by atoms with Gasteiger partial charge in [0.2, 0.25) is 0 Å². The van der Waals surface area contributed by atoms with Crippen molar-refractivity contribution in [3.05, 3.63) is 59.2 Å². The lowest BCUT2D eigenvalue weighted by Crippen LogP contribution is -2.33. The molecule has 2 aromatic rings. The van der Waals surface area contributed by atoms with Crippen LogP contribution in [0.4, 0.5) is 0 Å². The third kappa shape index (κ3) is 6.48. The number of nitrogens with zero attached hydrogens (tertiary/aromatic N) is 2. The number of hydrogen-bond acceptors (Lipinski definition) is 7. The maximum Gasteiger partial charge on any atom is 0.295 e. The van der Waals surface area contributed by atoms with Gasteiger partial charge in [-0.05, 0) is 81.4 Å². The number of methoxy groups -OCH3 is 1. The predicted molar refractivity (Wildman–Crippen MR) is 148 cm³/mol. The van der Waals surface area contributed by atoms with Gasteiger partial charge in [0.25, 0.3) is 11.7 Å². The van der Waals surface area contributed by atoms with Crippen LogP contribution in [0, 0.1) is 0 Å². The molecule has 3 rings (SSSR count). The van der Waals surface area contributed by atoms with Crippen molar-refractivity contribution in [3.63, 3.8) is 0 Å². The Morgan fingerprint density at radius 1 is 0.974 bits per heavy atom. The van der Waals surface area contributed by atoms with Crippen molar-refractivity contribution in [2.45, 2.75) is 46.6 Å². The van der Waals surface area contributed by atoms with Crippen LogP contribution in [-0.4, -0.2) is 73.1 Å². The van der Waals surface area contributed by atoms with Gasteiger partial charge in [0.05, 0.1) is 31.9 Å². The van der Waals surface area contributed by atoms with Gasteiger partial charge in [0.15, 0.2) is 11.5 Å². The fourth-order valence-corrected chi connectivity index (χ4v) is 4.68. The van der Waals surface area contributed by atoms with E-state index in [2.05, 4.69) is 18.7 Å². The van der Waals surface area contributed by atoms with Gasteiger partial charge in [-0.1, -0.05) is 26.8 Å². The van der Waals surface area contributed by atoms with Crippen LogP contribution in [0.5, 0.6) is 17.2 Å². The number of carbonyl (C=O) groups is 2. The molecule has 0 bridgehead atoms. The molecule has 8 nitrogen and oxygen atoms in total. The molecule has 2 aromatic carbocycles. The molecular weight excluding hydrogens is 484 g/mol. The van der Waals surface area contributed by atoms with E-state index < -0.39 is 17.7 Å². The number of rotatable bonds is 14. The number of likely N-dealkylation sites (tertiary alicyclic amines) is 1. The highest BCUT2D eigenvalue weighted by Crippen LogP contribution is 2.42. The van der Waals surface area contributed by atoms with Crippen LogP contribution in [0.2, 0.25) is 0 Å². The Morgan fingerprint density at radius 2 is 1.68 bits per heavy atom. The maximum absolute atomic E-state index is 13.4. The summed E-state index contributed by atoms with van der Waals surface area (Å²) in [5.74, 6) is 0.216. The first-order chi connectivity index (χ1) is 18.4. The van der Waals surface area contributed by atoms with E-state index >= 15 is 0 Å². The standard InChI is InChI=1S/C30H40N2O6/c1-6-19-38-24-16-13-22(20-25(24)36-5)27-26(28(33)21-11-14-23(15-12-21)37-9-4)29(34)30(35)32(27)18-10-17-31(7-2)8-3/h11-16,20,27,33H,6-10,17-19H2,1-5H3/b28-26+/t27-/m0/s1. The summed E-state index contributed by atoms with van der Waals surface area (Å²) in [5.41, 5.74) is 1.17. The van der Waals surface area contributed by atoms with E-state index in [1.165, 1.54) is 0 Å². The highest BCUT2D eigenvalue weighted by Gasteiger charge is 2.46. The minimum Gasteiger partial charge on any atom is -0.507 e. The molecule has 0 saturated carbocycles. The summed E-state index contributed by atoms with van der Waals surface area (Å²) in [6.07, 6.45) is 1.54. The predicted octanol–water partition coefficient (Wildman–Crippen LogP) is 5.04. The van der Waals surface area contributed by atoms with Crippen molar-refractivity contribution >= 4 is 17.4 Å². The van der Waals surface area contributed by atoms with Gasteiger partial charge >= 0.3 is 0 Å². The van der Waals surface area contributed by atoms with Crippen molar-refractivity contribution in [1.82, 2.24) is 9.80 Å². The molecule has 1 saturated heterocycles. The zero-order valence-corrected chi connectivity index (χ0v) is 23.2.